The zero-order valence-electron chi connectivity index (χ0n) is 8.56. The molecule has 15 heavy (non-hydrogen) atoms. The van der Waals surface area contributed by atoms with Gasteiger partial charge in [-0.3, -0.25) is 0 Å². The van der Waals surface area contributed by atoms with Gasteiger partial charge in [0.15, 0.2) is 6.61 Å². The molecule has 1 aromatic heterocycles. The van der Waals surface area contributed by atoms with E-state index < -0.39 is 12.6 Å². The minimum Gasteiger partial charge on any atom is -0.479 e. The molecule has 0 spiro atoms. The molecule has 0 radical (unpaired) electrons. The maximum atomic E-state index is 10.3. The fraction of sp³-hybridized carbons (Fsp3) is 0.444. The summed E-state index contributed by atoms with van der Waals surface area (Å²) in [6.45, 7) is 1.63. The predicted molar refractivity (Wildman–Crippen MR) is 50.6 cm³/mol. The van der Waals surface area contributed by atoms with Crippen LogP contribution in [0.2, 0.25) is 0 Å². The Morgan fingerprint density at radius 3 is 2.87 bits per heavy atom. The Bertz CT molecular complexity index is 354. The van der Waals surface area contributed by atoms with E-state index in [2.05, 4.69) is 9.97 Å². The number of aryl methyl sites for hydroxylation is 1. The van der Waals surface area contributed by atoms with Crippen molar-refractivity contribution in [1.82, 2.24) is 9.97 Å². The maximum absolute atomic E-state index is 10.3. The predicted octanol–water partition coefficient (Wildman–Crippen LogP) is 0.395. The van der Waals surface area contributed by atoms with Crippen LogP contribution in [0, 0.1) is 6.92 Å². The van der Waals surface area contributed by atoms with E-state index in [-0.39, 0.29) is 5.88 Å². The van der Waals surface area contributed by atoms with Gasteiger partial charge in [-0.15, -0.1) is 0 Å². The highest BCUT2D eigenvalue weighted by Crippen LogP contribution is 2.09. The van der Waals surface area contributed by atoms with Crippen molar-refractivity contribution >= 4 is 5.97 Å². The molecule has 6 heteroatoms. The smallest absolute Gasteiger partial charge is 0.341 e. The van der Waals surface area contributed by atoms with Crippen molar-refractivity contribution in [3.63, 3.8) is 0 Å². The molecular formula is C9H12N2O4. The van der Waals surface area contributed by atoms with Crippen molar-refractivity contribution < 1.29 is 19.4 Å². The Morgan fingerprint density at radius 1 is 1.53 bits per heavy atom. The number of aromatic nitrogens is 2. The van der Waals surface area contributed by atoms with Crippen LogP contribution in [0.4, 0.5) is 0 Å². The maximum Gasteiger partial charge on any atom is 0.341 e. The van der Waals surface area contributed by atoms with Crippen LogP contribution >= 0.6 is 0 Å². The number of hydrogen-bond donors (Lipinski definition) is 1. The minimum atomic E-state index is -1.04. The van der Waals surface area contributed by atoms with E-state index in [4.69, 9.17) is 14.6 Å². The number of aliphatic carboxylic acids is 1. The second-order valence-electron chi connectivity index (χ2n) is 2.86. The molecule has 1 heterocycles. The van der Waals surface area contributed by atoms with Crippen molar-refractivity contribution in [2.24, 2.45) is 0 Å². The van der Waals surface area contributed by atoms with Gasteiger partial charge in [-0.05, 0) is 6.92 Å². The summed E-state index contributed by atoms with van der Waals surface area (Å²) in [5, 5.41) is 8.42. The van der Waals surface area contributed by atoms with E-state index in [9.17, 15) is 4.79 Å². The summed E-state index contributed by atoms with van der Waals surface area (Å²) in [7, 11) is 1.55. The largest absolute Gasteiger partial charge is 0.479 e. The normalized spacial score (nSPS) is 10.0. The SMILES string of the molecule is COCc1cc(OCC(=O)O)nc(C)n1. The first kappa shape index (κ1) is 11.4. The molecule has 1 rings (SSSR count). The summed E-state index contributed by atoms with van der Waals surface area (Å²) < 4.78 is 9.83. The first-order valence-electron chi connectivity index (χ1n) is 4.30. The number of carboxylic acid groups (broad SMARTS) is 1. The topological polar surface area (TPSA) is 81.5 Å². The average molecular weight is 212 g/mol. The van der Waals surface area contributed by atoms with E-state index in [0.717, 1.165) is 0 Å². The summed E-state index contributed by atoms with van der Waals surface area (Å²) in [6.07, 6.45) is 0. The van der Waals surface area contributed by atoms with Gasteiger partial charge in [0.1, 0.15) is 5.82 Å². The van der Waals surface area contributed by atoms with E-state index in [1.165, 1.54) is 0 Å². The van der Waals surface area contributed by atoms with Gasteiger partial charge >= 0.3 is 5.97 Å². The van der Waals surface area contributed by atoms with Gasteiger partial charge in [0.05, 0.1) is 12.3 Å². The van der Waals surface area contributed by atoms with Crippen LogP contribution < -0.4 is 4.74 Å². The lowest BCUT2D eigenvalue weighted by Gasteiger charge is -2.05. The summed E-state index contributed by atoms with van der Waals surface area (Å²) in [4.78, 5) is 18.3. The van der Waals surface area contributed by atoms with Gasteiger partial charge in [-0.2, -0.15) is 4.98 Å². The third-order valence-electron chi connectivity index (χ3n) is 1.50. The van der Waals surface area contributed by atoms with E-state index in [1.807, 2.05) is 0 Å². The monoisotopic (exact) mass is 212 g/mol. The second kappa shape index (κ2) is 5.26. The van der Waals surface area contributed by atoms with E-state index >= 15 is 0 Å². The van der Waals surface area contributed by atoms with Gasteiger partial charge in [-0.1, -0.05) is 0 Å². The zero-order valence-corrected chi connectivity index (χ0v) is 8.56. The summed E-state index contributed by atoms with van der Waals surface area (Å²) in [5.41, 5.74) is 0.658. The first-order chi connectivity index (χ1) is 7.11. The van der Waals surface area contributed by atoms with Crippen molar-refractivity contribution in [2.45, 2.75) is 13.5 Å². The Morgan fingerprint density at radius 2 is 2.27 bits per heavy atom. The number of carboxylic acids is 1. The molecule has 0 atom stereocenters. The number of rotatable bonds is 5. The molecule has 82 valence electrons. The molecule has 0 bridgehead atoms. The molecule has 0 fully saturated rings. The number of ether oxygens (including phenoxy) is 2. The summed E-state index contributed by atoms with van der Waals surface area (Å²) in [6, 6.07) is 1.56. The Labute approximate surface area is 86.9 Å². The second-order valence-corrected chi connectivity index (χ2v) is 2.86. The summed E-state index contributed by atoms with van der Waals surface area (Å²) >= 11 is 0. The van der Waals surface area contributed by atoms with Crippen LogP contribution in [0.15, 0.2) is 6.07 Å². The highest BCUT2D eigenvalue weighted by molar-refractivity contribution is 5.68. The van der Waals surface area contributed by atoms with Crippen LogP contribution in [0.5, 0.6) is 5.88 Å². The van der Waals surface area contributed by atoms with E-state index in [0.29, 0.717) is 18.1 Å². The standard InChI is InChI=1S/C9H12N2O4/c1-6-10-7(4-14-2)3-8(11-6)15-5-9(12)13/h3H,4-5H2,1-2H3,(H,12,13). The number of hydrogen-bond acceptors (Lipinski definition) is 5. The Balaban J connectivity index is 2.74. The summed E-state index contributed by atoms with van der Waals surface area (Å²) in [5.74, 6) is -0.276. The molecule has 1 aromatic rings. The highest BCUT2D eigenvalue weighted by atomic mass is 16.5. The minimum absolute atomic E-state index is 0.247. The highest BCUT2D eigenvalue weighted by Gasteiger charge is 2.04. The molecule has 0 aliphatic heterocycles. The Kier molecular flexibility index (Phi) is 3.99. The molecular weight excluding hydrogens is 200 g/mol. The Hall–Kier alpha value is -1.69. The van der Waals surface area contributed by atoms with Gasteiger partial charge in [-0.25, -0.2) is 9.78 Å². The molecule has 6 nitrogen and oxygen atoms in total. The fourth-order valence-corrected chi connectivity index (χ4v) is 1.03. The lowest BCUT2D eigenvalue weighted by Crippen LogP contribution is -2.11. The average Bonchev–Trinajstić information content (AvgIpc) is 2.14. The molecule has 0 aliphatic carbocycles. The van der Waals surface area contributed by atoms with Crippen molar-refractivity contribution in [1.29, 1.82) is 0 Å². The fourth-order valence-electron chi connectivity index (χ4n) is 1.03. The molecule has 0 amide bonds. The molecule has 1 N–H and O–H groups in total. The molecule has 0 saturated carbocycles. The van der Waals surface area contributed by atoms with Crippen LogP contribution in [0.3, 0.4) is 0 Å². The van der Waals surface area contributed by atoms with Gasteiger partial charge < -0.3 is 14.6 Å². The van der Waals surface area contributed by atoms with Crippen LogP contribution in [0.1, 0.15) is 11.5 Å². The molecule has 0 aliphatic rings. The van der Waals surface area contributed by atoms with Crippen LogP contribution in [0.25, 0.3) is 0 Å². The quantitative estimate of drug-likeness (QED) is 0.760. The first-order valence-corrected chi connectivity index (χ1v) is 4.30. The van der Waals surface area contributed by atoms with Crippen LogP contribution in [-0.4, -0.2) is 34.8 Å². The number of methoxy groups -OCH3 is 1. The lowest BCUT2D eigenvalue weighted by atomic mass is 10.4. The van der Waals surface area contributed by atoms with E-state index in [1.54, 1.807) is 20.1 Å². The molecule has 0 aromatic carbocycles. The number of carbonyl (C=O) groups is 1. The van der Waals surface area contributed by atoms with Crippen molar-refractivity contribution in [2.75, 3.05) is 13.7 Å². The lowest BCUT2D eigenvalue weighted by molar-refractivity contribution is -0.139. The van der Waals surface area contributed by atoms with Crippen molar-refractivity contribution in [3.8, 4) is 5.88 Å². The van der Waals surface area contributed by atoms with Gasteiger partial charge in [0.25, 0.3) is 0 Å². The van der Waals surface area contributed by atoms with Gasteiger partial charge in [0, 0.05) is 13.2 Å². The number of nitrogens with zero attached hydrogens (tertiary/aromatic N) is 2. The van der Waals surface area contributed by atoms with Crippen LogP contribution in [-0.2, 0) is 16.1 Å². The van der Waals surface area contributed by atoms with Crippen molar-refractivity contribution in [3.05, 3.63) is 17.6 Å². The molecule has 0 saturated heterocycles. The third-order valence-corrected chi connectivity index (χ3v) is 1.50. The third kappa shape index (κ3) is 3.90. The van der Waals surface area contributed by atoms with Gasteiger partial charge in [0.2, 0.25) is 5.88 Å². The molecule has 0 unspecified atom stereocenters. The zero-order chi connectivity index (χ0) is 11.3.